The monoisotopic (exact) mass is 466 g/mol. The number of aryl methyl sites for hydroxylation is 1. The van der Waals surface area contributed by atoms with Crippen LogP contribution in [0.25, 0.3) is 0 Å². The zero-order chi connectivity index (χ0) is 23.5. The van der Waals surface area contributed by atoms with Crippen LogP contribution in [-0.2, 0) is 6.42 Å². The van der Waals surface area contributed by atoms with Gasteiger partial charge in [-0.1, -0.05) is 17.7 Å². The molecule has 3 aromatic rings. The number of nitrogens with one attached hydrogen (secondary N) is 2. The fraction of sp³-hybridized carbons (Fsp3) is 0.174. The van der Waals surface area contributed by atoms with Crippen molar-refractivity contribution in [2.45, 2.75) is 26.2 Å². The third-order valence-electron chi connectivity index (χ3n) is 5.25. The van der Waals surface area contributed by atoms with Gasteiger partial charge >= 0.3 is 0 Å². The Kier molecular flexibility index (Phi) is 6.23. The molecule has 2 N–H and O–H groups in total. The quantitative estimate of drug-likeness (QED) is 0.409. The molecule has 168 valence electrons. The summed E-state index contributed by atoms with van der Waals surface area (Å²) in [7, 11) is 0. The van der Waals surface area contributed by atoms with E-state index >= 15 is 0 Å². The molecule has 0 unspecified atom stereocenters. The fourth-order valence-corrected chi connectivity index (χ4v) is 3.79. The van der Waals surface area contributed by atoms with E-state index < -0.39 is 10.8 Å². The average molecular weight is 467 g/mol. The molecule has 1 aliphatic carbocycles. The number of nitro benzene ring substituents is 1. The lowest BCUT2D eigenvalue weighted by Crippen LogP contribution is -2.22. The van der Waals surface area contributed by atoms with E-state index in [2.05, 4.69) is 15.8 Å². The largest absolute Gasteiger partial charge is 0.455 e. The van der Waals surface area contributed by atoms with Crippen LogP contribution in [0.2, 0.25) is 5.02 Å². The molecule has 0 spiro atoms. The van der Waals surface area contributed by atoms with Gasteiger partial charge in [0, 0.05) is 46.0 Å². The van der Waals surface area contributed by atoms with E-state index in [0.29, 0.717) is 46.0 Å². The number of rotatable bonds is 5. The SMILES string of the molecule is Cc1c(C(=O)Nc2cccc([N+](=O)[O-])c2)oc2c1/C(=N/NC(=O)c1ccc(Cl)cc1)CCC2. The molecule has 1 heterocycles. The van der Waals surface area contributed by atoms with Gasteiger partial charge in [0.15, 0.2) is 5.76 Å². The lowest BCUT2D eigenvalue weighted by Gasteiger charge is -2.13. The summed E-state index contributed by atoms with van der Waals surface area (Å²) in [6.45, 7) is 1.74. The van der Waals surface area contributed by atoms with Gasteiger partial charge in [-0.3, -0.25) is 19.7 Å². The van der Waals surface area contributed by atoms with E-state index in [9.17, 15) is 19.7 Å². The lowest BCUT2D eigenvalue weighted by molar-refractivity contribution is -0.384. The highest BCUT2D eigenvalue weighted by atomic mass is 35.5. The summed E-state index contributed by atoms with van der Waals surface area (Å²) >= 11 is 5.86. The summed E-state index contributed by atoms with van der Waals surface area (Å²) in [5.41, 5.74) is 5.03. The summed E-state index contributed by atoms with van der Waals surface area (Å²) in [4.78, 5) is 35.7. The Labute approximate surface area is 193 Å². The van der Waals surface area contributed by atoms with Crippen molar-refractivity contribution in [2.75, 3.05) is 5.32 Å². The Hall–Kier alpha value is -3.98. The van der Waals surface area contributed by atoms with Gasteiger partial charge in [0.05, 0.1) is 10.6 Å². The number of hydrazone groups is 1. The fourth-order valence-electron chi connectivity index (χ4n) is 3.67. The molecule has 0 radical (unpaired) electrons. The van der Waals surface area contributed by atoms with Crippen molar-refractivity contribution in [3.63, 3.8) is 0 Å². The van der Waals surface area contributed by atoms with Gasteiger partial charge in [-0.15, -0.1) is 0 Å². The summed E-state index contributed by atoms with van der Waals surface area (Å²) < 4.78 is 5.83. The molecule has 0 bridgehead atoms. The van der Waals surface area contributed by atoms with Gasteiger partial charge < -0.3 is 9.73 Å². The number of halogens is 1. The molecule has 0 atom stereocenters. The Morgan fingerprint density at radius 2 is 1.88 bits per heavy atom. The number of non-ortho nitro benzene ring substituents is 1. The summed E-state index contributed by atoms with van der Waals surface area (Å²) in [5, 5.41) is 18.4. The third kappa shape index (κ3) is 4.78. The molecule has 4 rings (SSSR count). The van der Waals surface area contributed by atoms with Crippen LogP contribution < -0.4 is 10.7 Å². The number of carbonyl (C=O) groups excluding carboxylic acids is 2. The minimum atomic E-state index is -0.534. The number of furan rings is 1. The van der Waals surface area contributed by atoms with Crippen LogP contribution in [0.15, 0.2) is 58.0 Å². The second-order valence-corrected chi connectivity index (χ2v) is 7.91. The first kappa shape index (κ1) is 22.2. The molecular weight excluding hydrogens is 448 g/mol. The van der Waals surface area contributed by atoms with E-state index in [4.69, 9.17) is 16.0 Å². The van der Waals surface area contributed by atoms with Gasteiger partial charge in [0.25, 0.3) is 17.5 Å². The number of nitrogens with zero attached hydrogens (tertiary/aromatic N) is 2. The first-order valence-electron chi connectivity index (χ1n) is 10.1. The van der Waals surface area contributed by atoms with Crippen LogP contribution in [0.5, 0.6) is 0 Å². The van der Waals surface area contributed by atoms with E-state index in [1.54, 1.807) is 37.3 Å². The van der Waals surface area contributed by atoms with Crippen LogP contribution in [0.3, 0.4) is 0 Å². The first-order valence-corrected chi connectivity index (χ1v) is 10.5. The maximum absolute atomic E-state index is 12.8. The summed E-state index contributed by atoms with van der Waals surface area (Å²) in [6.07, 6.45) is 1.99. The van der Waals surface area contributed by atoms with Gasteiger partial charge in [0.2, 0.25) is 0 Å². The van der Waals surface area contributed by atoms with Crippen molar-refractivity contribution in [1.29, 1.82) is 0 Å². The van der Waals surface area contributed by atoms with Crippen molar-refractivity contribution in [3.8, 4) is 0 Å². The predicted molar refractivity (Wildman–Crippen MR) is 123 cm³/mol. The van der Waals surface area contributed by atoms with Crippen LogP contribution >= 0.6 is 11.6 Å². The molecule has 10 heteroatoms. The summed E-state index contributed by atoms with van der Waals surface area (Å²) in [5.74, 6) is -0.185. The van der Waals surface area contributed by atoms with Crippen LogP contribution in [0, 0.1) is 17.0 Å². The molecule has 1 aliphatic rings. The van der Waals surface area contributed by atoms with Crippen LogP contribution in [0.4, 0.5) is 11.4 Å². The third-order valence-corrected chi connectivity index (χ3v) is 5.50. The number of hydrogen-bond acceptors (Lipinski definition) is 6. The second-order valence-electron chi connectivity index (χ2n) is 7.48. The van der Waals surface area contributed by atoms with Crippen LogP contribution in [0.1, 0.15) is 50.6 Å². The molecule has 0 fully saturated rings. The first-order chi connectivity index (χ1) is 15.8. The highest BCUT2D eigenvalue weighted by Gasteiger charge is 2.28. The molecule has 0 aliphatic heterocycles. The van der Waals surface area contributed by atoms with Crippen molar-refractivity contribution < 1.29 is 18.9 Å². The van der Waals surface area contributed by atoms with E-state index in [1.165, 1.54) is 18.2 Å². The van der Waals surface area contributed by atoms with Gasteiger partial charge in [0.1, 0.15) is 5.76 Å². The standard InChI is InChI=1S/C23H19ClN4O5/c1-13-20-18(26-27-22(29)14-8-10-15(24)11-9-14)6-3-7-19(20)33-21(13)23(30)25-16-4-2-5-17(12-16)28(31)32/h2,4-5,8-12H,3,6-7H2,1H3,(H,25,30)(H,27,29)/b26-18+. The molecule has 0 saturated heterocycles. The minimum absolute atomic E-state index is 0.102. The number of nitro groups is 1. The van der Waals surface area contributed by atoms with E-state index in [0.717, 1.165) is 6.42 Å². The number of anilines is 1. The normalized spacial score (nSPS) is 13.9. The number of amides is 2. The maximum atomic E-state index is 12.8. The Morgan fingerprint density at radius 3 is 2.61 bits per heavy atom. The van der Waals surface area contributed by atoms with E-state index in [-0.39, 0.29) is 23.0 Å². The van der Waals surface area contributed by atoms with Crippen molar-refractivity contribution in [1.82, 2.24) is 5.43 Å². The average Bonchev–Trinajstić information content (AvgIpc) is 3.15. The molecule has 9 nitrogen and oxygen atoms in total. The highest BCUT2D eigenvalue weighted by molar-refractivity contribution is 6.30. The molecule has 0 saturated carbocycles. The second kappa shape index (κ2) is 9.25. The zero-order valence-corrected chi connectivity index (χ0v) is 18.3. The van der Waals surface area contributed by atoms with E-state index in [1.807, 2.05) is 0 Å². The number of fused-ring (bicyclic) bond motifs is 1. The zero-order valence-electron chi connectivity index (χ0n) is 17.6. The Morgan fingerprint density at radius 1 is 1.12 bits per heavy atom. The van der Waals surface area contributed by atoms with Crippen molar-refractivity contribution in [2.24, 2.45) is 5.10 Å². The Bertz CT molecular complexity index is 1280. The number of benzene rings is 2. The highest BCUT2D eigenvalue weighted by Crippen LogP contribution is 2.30. The molecule has 2 aromatic carbocycles. The smallest absolute Gasteiger partial charge is 0.291 e. The molecule has 2 amide bonds. The molecular formula is C23H19ClN4O5. The Balaban J connectivity index is 1.56. The number of hydrogen-bond donors (Lipinski definition) is 2. The minimum Gasteiger partial charge on any atom is -0.455 e. The van der Waals surface area contributed by atoms with Gasteiger partial charge in [-0.2, -0.15) is 5.10 Å². The lowest BCUT2D eigenvalue weighted by atomic mass is 9.93. The maximum Gasteiger partial charge on any atom is 0.291 e. The molecule has 1 aromatic heterocycles. The van der Waals surface area contributed by atoms with Crippen LogP contribution in [-0.4, -0.2) is 22.4 Å². The predicted octanol–water partition coefficient (Wildman–Crippen LogP) is 4.87. The van der Waals surface area contributed by atoms with Crippen molar-refractivity contribution >= 4 is 40.5 Å². The van der Waals surface area contributed by atoms with Crippen molar-refractivity contribution in [3.05, 3.63) is 91.9 Å². The molecule has 33 heavy (non-hydrogen) atoms. The summed E-state index contributed by atoms with van der Waals surface area (Å²) in [6, 6.07) is 12.1. The van der Waals surface area contributed by atoms with Gasteiger partial charge in [-0.05, 0) is 50.1 Å². The topological polar surface area (TPSA) is 127 Å². The number of carbonyl (C=O) groups is 2. The van der Waals surface area contributed by atoms with Gasteiger partial charge in [-0.25, -0.2) is 5.43 Å².